The number of nitrogens with one attached hydrogen (secondary N) is 1. The number of hydrogen-bond donors (Lipinski definition) is 1. The second kappa shape index (κ2) is 12.5. The van der Waals surface area contributed by atoms with Crippen molar-refractivity contribution in [2.45, 2.75) is 46.0 Å². The highest BCUT2D eigenvalue weighted by atomic mass is 32.2. The van der Waals surface area contributed by atoms with Gasteiger partial charge >= 0.3 is 0 Å². The summed E-state index contributed by atoms with van der Waals surface area (Å²) in [4.78, 5) is 43.4. The van der Waals surface area contributed by atoms with Gasteiger partial charge in [0.05, 0.1) is 16.2 Å². The van der Waals surface area contributed by atoms with Crippen LogP contribution >= 0.6 is 24.0 Å². The zero-order valence-electron chi connectivity index (χ0n) is 21.4. The Hall–Kier alpha value is -2.97. The number of nitrogens with zero attached hydrogens (tertiary/aromatic N) is 2. The molecule has 37 heavy (non-hydrogen) atoms. The number of amides is 3. The molecule has 2 aliphatic heterocycles. The van der Waals surface area contributed by atoms with E-state index in [0.717, 1.165) is 31.2 Å². The van der Waals surface area contributed by atoms with Crippen LogP contribution in [0.1, 0.15) is 50.7 Å². The fraction of sp³-hybridized carbons (Fsp3) is 0.379. The van der Waals surface area contributed by atoms with Crippen LogP contribution in [0.2, 0.25) is 0 Å². The molecule has 8 heteroatoms. The summed E-state index contributed by atoms with van der Waals surface area (Å²) in [5.41, 5.74) is 2.78. The average molecular weight is 536 g/mol. The van der Waals surface area contributed by atoms with Crippen molar-refractivity contribution in [3.8, 4) is 0 Å². The highest BCUT2D eigenvalue weighted by Gasteiger charge is 2.42. The van der Waals surface area contributed by atoms with E-state index in [0.29, 0.717) is 51.5 Å². The number of rotatable bonds is 11. The molecule has 1 fully saturated rings. The molecule has 6 nitrogen and oxygen atoms in total. The van der Waals surface area contributed by atoms with Gasteiger partial charge in [0.2, 0.25) is 5.91 Å². The summed E-state index contributed by atoms with van der Waals surface area (Å²) in [7, 11) is 0. The van der Waals surface area contributed by atoms with Crippen LogP contribution in [0, 0.1) is 5.92 Å². The monoisotopic (exact) mass is 535 g/mol. The summed E-state index contributed by atoms with van der Waals surface area (Å²) >= 11 is 6.77. The van der Waals surface area contributed by atoms with Crippen LogP contribution in [0.25, 0.3) is 5.57 Å². The van der Waals surface area contributed by atoms with Gasteiger partial charge in [-0.25, -0.2) is 0 Å². The van der Waals surface area contributed by atoms with Gasteiger partial charge in [-0.15, -0.1) is 0 Å². The highest BCUT2D eigenvalue weighted by molar-refractivity contribution is 8.26. The molecular weight excluding hydrogens is 502 g/mol. The fourth-order valence-electron chi connectivity index (χ4n) is 4.73. The number of benzene rings is 2. The van der Waals surface area contributed by atoms with E-state index in [1.165, 1.54) is 16.7 Å². The van der Waals surface area contributed by atoms with Crippen molar-refractivity contribution in [2.24, 2.45) is 5.92 Å². The van der Waals surface area contributed by atoms with E-state index in [-0.39, 0.29) is 24.3 Å². The number of thioether (sulfide) groups is 1. The molecule has 3 amide bonds. The zero-order valence-corrected chi connectivity index (χ0v) is 23.0. The van der Waals surface area contributed by atoms with Gasteiger partial charge in [0.1, 0.15) is 10.9 Å². The van der Waals surface area contributed by atoms with Crippen LogP contribution in [-0.2, 0) is 20.8 Å². The number of para-hydroxylation sites is 1. The van der Waals surface area contributed by atoms with E-state index < -0.39 is 0 Å². The van der Waals surface area contributed by atoms with Crippen molar-refractivity contribution in [1.29, 1.82) is 0 Å². The smallest absolute Gasteiger partial charge is 0.267 e. The number of fused-ring (bicyclic) bond motifs is 1. The number of unbranched alkanes of at least 4 members (excludes halogenated alkanes) is 1. The third-order valence-corrected chi connectivity index (χ3v) is 8.31. The van der Waals surface area contributed by atoms with Gasteiger partial charge in [0.25, 0.3) is 11.8 Å². The first-order valence-corrected chi connectivity index (χ1v) is 14.2. The molecule has 0 radical (unpaired) electrons. The van der Waals surface area contributed by atoms with Crippen LogP contribution in [0.15, 0.2) is 59.5 Å². The minimum absolute atomic E-state index is 0.108. The first-order chi connectivity index (χ1) is 17.9. The van der Waals surface area contributed by atoms with E-state index in [1.54, 1.807) is 4.90 Å². The summed E-state index contributed by atoms with van der Waals surface area (Å²) in [5.74, 6) is -0.417. The molecule has 1 N–H and O–H groups in total. The Labute approximate surface area is 228 Å². The lowest BCUT2D eigenvalue weighted by atomic mass is 9.98. The van der Waals surface area contributed by atoms with Crippen LogP contribution in [0.5, 0.6) is 0 Å². The van der Waals surface area contributed by atoms with Crippen LogP contribution in [0.3, 0.4) is 0 Å². The standard InChI is InChI=1S/C29H33N3O3S2/c1-3-5-11-20(4-2)18-32-28(35)26(37-29(32)36)25-22-14-9-10-15-23(22)31(27(25)34)19-24(33)30-17-16-21-12-7-6-8-13-21/h6-10,12-15,20H,3-5,11,16-19H2,1-2H3,(H,30,33)/b26-25-. The molecule has 0 spiro atoms. The van der Waals surface area contributed by atoms with E-state index in [9.17, 15) is 14.4 Å². The number of anilines is 1. The Bertz CT molecular complexity index is 1210. The van der Waals surface area contributed by atoms with Crippen molar-refractivity contribution in [1.82, 2.24) is 10.2 Å². The number of carbonyl (C=O) groups is 3. The molecule has 2 aromatic rings. The molecule has 1 saturated heterocycles. The summed E-state index contributed by atoms with van der Waals surface area (Å²) in [6, 6.07) is 17.2. The molecule has 1 unspecified atom stereocenters. The zero-order chi connectivity index (χ0) is 26.4. The maximum absolute atomic E-state index is 13.6. The maximum atomic E-state index is 13.6. The Balaban J connectivity index is 1.50. The molecule has 4 rings (SSSR count). The molecule has 2 heterocycles. The lowest BCUT2D eigenvalue weighted by molar-refractivity contribution is -0.123. The quantitative estimate of drug-likeness (QED) is 0.317. The molecule has 2 aliphatic rings. The summed E-state index contributed by atoms with van der Waals surface area (Å²) in [6.07, 6.45) is 4.95. The van der Waals surface area contributed by atoms with Crippen LogP contribution < -0.4 is 10.2 Å². The summed E-state index contributed by atoms with van der Waals surface area (Å²) < 4.78 is 0.491. The minimum Gasteiger partial charge on any atom is -0.354 e. The van der Waals surface area contributed by atoms with Crippen molar-refractivity contribution in [3.63, 3.8) is 0 Å². The van der Waals surface area contributed by atoms with Gasteiger partial charge < -0.3 is 5.32 Å². The van der Waals surface area contributed by atoms with E-state index in [1.807, 2.05) is 54.6 Å². The molecule has 0 bridgehead atoms. The van der Waals surface area contributed by atoms with Crippen LogP contribution in [-0.4, -0.2) is 46.6 Å². The van der Waals surface area contributed by atoms with Gasteiger partial charge in [-0.3, -0.25) is 24.2 Å². The maximum Gasteiger partial charge on any atom is 0.267 e. The molecule has 0 aliphatic carbocycles. The Morgan fingerprint density at radius 3 is 2.46 bits per heavy atom. The van der Waals surface area contributed by atoms with Crippen LogP contribution in [0.4, 0.5) is 5.69 Å². The van der Waals surface area contributed by atoms with Crippen molar-refractivity contribution >= 4 is 57.3 Å². The van der Waals surface area contributed by atoms with Gasteiger partial charge in [-0.1, -0.05) is 106 Å². The average Bonchev–Trinajstić information content (AvgIpc) is 3.33. The summed E-state index contributed by atoms with van der Waals surface area (Å²) in [6.45, 7) is 5.24. The lowest BCUT2D eigenvalue weighted by Crippen LogP contribution is -2.39. The largest absolute Gasteiger partial charge is 0.354 e. The number of thiocarbonyl (C=S) groups is 1. The topological polar surface area (TPSA) is 69.7 Å². The summed E-state index contributed by atoms with van der Waals surface area (Å²) in [5, 5.41) is 2.91. The third kappa shape index (κ3) is 6.13. The number of carbonyl (C=O) groups excluding carboxylic acids is 3. The first kappa shape index (κ1) is 27.1. The Morgan fingerprint density at radius 2 is 1.73 bits per heavy atom. The normalized spacial score (nSPS) is 17.9. The Morgan fingerprint density at radius 1 is 1.00 bits per heavy atom. The van der Waals surface area contributed by atoms with E-state index >= 15 is 0 Å². The second-order valence-corrected chi connectivity index (χ2v) is 11.0. The van der Waals surface area contributed by atoms with Crippen molar-refractivity contribution in [3.05, 3.63) is 70.6 Å². The first-order valence-electron chi connectivity index (χ1n) is 12.9. The van der Waals surface area contributed by atoms with Crippen molar-refractivity contribution < 1.29 is 14.4 Å². The predicted octanol–water partition coefficient (Wildman–Crippen LogP) is 5.18. The van der Waals surface area contributed by atoms with E-state index in [2.05, 4.69) is 19.2 Å². The molecule has 2 aromatic carbocycles. The van der Waals surface area contributed by atoms with E-state index in [4.69, 9.17) is 12.2 Å². The molecular formula is C29H33N3O3S2. The highest BCUT2D eigenvalue weighted by Crippen LogP contribution is 2.44. The van der Waals surface area contributed by atoms with Gasteiger partial charge in [-0.05, 0) is 30.4 Å². The van der Waals surface area contributed by atoms with Crippen molar-refractivity contribution in [2.75, 3.05) is 24.5 Å². The second-order valence-electron chi connectivity index (χ2n) is 9.40. The molecule has 194 valence electrons. The minimum atomic E-state index is -0.335. The van der Waals surface area contributed by atoms with Gasteiger partial charge in [-0.2, -0.15) is 0 Å². The predicted molar refractivity (Wildman–Crippen MR) is 154 cm³/mol. The molecule has 0 saturated carbocycles. The van der Waals surface area contributed by atoms with Gasteiger partial charge in [0, 0.05) is 18.7 Å². The lowest BCUT2D eigenvalue weighted by Gasteiger charge is -2.21. The van der Waals surface area contributed by atoms with Gasteiger partial charge in [0.15, 0.2) is 0 Å². The molecule has 0 aromatic heterocycles. The Kier molecular flexibility index (Phi) is 9.16. The third-order valence-electron chi connectivity index (χ3n) is 6.86. The molecule has 1 atom stereocenters. The SMILES string of the molecule is CCCCC(CC)CN1C(=O)/C(=C2/C(=O)N(CC(=O)NCCc3ccccc3)c3ccccc32)SC1=S. The fourth-order valence-corrected chi connectivity index (χ4v) is 6.08. The number of hydrogen-bond acceptors (Lipinski definition) is 5.